The van der Waals surface area contributed by atoms with E-state index in [1.54, 1.807) is 16.9 Å². The molecule has 180 valence electrons. The molecule has 34 heavy (non-hydrogen) atoms. The third-order valence-electron chi connectivity index (χ3n) is 5.80. The van der Waals surface area contributed by atoms with Gasteiger partial charge in [-0.05, 0) is 51.5 Å². The average Bonchev–Trinajstić information content (AvgIpc) is 3.27. The number of pyridine rings is 1. The van der Waals surface area contributed by atoms with Gasteiger partial charge in [-0.15, -0.1) is 0 Å². The summed E-state index contributed by atoms with van der Waals surface area (Å²) in [7, 11) is 0. The lowest BCUT2D eigenvalue weighted by Gasteiger charge is -2.19. The molecule has 1 atom stereocenters. The zero-order valence-corrected chi connectivity index (χ0v) is 20.1. The number of amides is 2. The molecular formula is C25H31N5O4. The minimum Gasteiger partial charge on any atom is -0.486 e. The molecule has 2 aromatic heterocycles. The number of carbonyl (C=O) groups excluding carboxylic acids is 2. The van der Waals surface area contributed by atoms with Gasteiger partial charge >= 0.3 is 0 Å². The van der Waals surface area contributed by atoms with E-state index in [0.717, 1.165) is 12.0 Å². The smallest absolute Gasteiger partial charge is 0.252 e. The average molecular weight is 466 g/mol. The number of nitrogens with one attached hydrogen (secondary N) is 2. The monoisotopic (exact) mass is 465 g/mol. The van der Waals surface area contributed by atoms with Crippen molar-refractivity contribution in [1.82, 2.24) is 25.4 Å². The molecule has 2 N–H and O–H groups in total. The fourth-order valence-electron chi connectivity index (χ4n) is 3.77. The lowest BCUT2D eigenvalue weighted by Crippen LogP contribution is -2.35. The van der Waals surface area contributed by atoms with Crippen molar-refractivity contribution in [3.63, 3.8) is 0 Å². The Morgan fingerprint density at radius 1 is 1.12 bits per heavy atom. The fourth-order valence-corrected chi connectivity index (χ4v) is 3.77. The number of carbonyl (C=O) groups is 2. The largest absolute Gasteiger partial charge is 0.486 e. The fraction of sp³-hybridized carbons (Fsp3) is 0.440. The Labute approximate surface area is 198 Å². The van der Waals surface area contributed by atoms with Crippen LogP contribution in [0, 0.1) is 0 Å². The van der Waals surface area contributed by atoms with E-state index in [0.29, 0.717) is 47.0 Å². The normalized spacial score (nSPS) is 13.7. The zero-order chi connectivity index (χ0) is 24.2. The van der Waals surface area contributed by atoms with Gasteiger partial charge in [-0.25, -0.2) is 9.67 Å². The van der Waals surface area contributed by atoms with E-state index in [9.17, 15) is 9.59 Å². The van der Waals surface area contributed by atoms with Crippen LogP contribution < -0.4 is 20.1 Å². The molecular weight excluding hydrogens is 434 g/mol. The molecule has 3 heterocycles. The highest BCUT2D eigenvalue weighted by atomic mass is 16.6. The van der Waals surface area contributed by atoms with Gasteiger partial charge in [0.15, 0.2) is 17.1 Å². The van der Waals surface area contributed by atoms with Crippen LogP contribution in [-0.4, -0.2) is 52.4 Å². The number of benzene rings is 1. The zero-order valence-electron chi connectivity index (χ0n) is 20.1. The van der Waals surface area contributed by atoms with Crippen LogP contribution in [-0.2, 0) is 4.79 Å². The van der Waals surface area contributed by atoms with Crippen molar-refractivity contribution in [2.24, 2.45) is 0 Å². The molecule has 1 aromatic carbocycles. The Kier molecular flexibility index (Phi) is 7.00. The summed E-state index contributed by atoms with van der Waals surface area (Å²) >= 11 is 0. The van der Waals surface area contributed by atoms with E-state index in [1.807, 2.05) is 45.9 Å². The summed E-state index contributed by atoms with van der Waals surface area (Å²) in [5, 5.41) is 10.9. The maximum atomic E-state index is 13.2. The van der Waals surface area contributed by atoms with E-state index >= 15 is 0 Å². The van der Waals surface area contributed by atoms with Gasteiger partial charge in [0.2, 0.25) is 5.91 Å². The number of fused-ring (bicyclic) bond motifs is 2. The molecule has 0 aliphatic carbocycles. The van der Waals surface area contributed by atoms with Gasteiger partial charge in [0.25, 0.3) is 5.91 Å². The van der Waals surface area contributed by atoms with E-state index in [4.69, 9.17) is 14.5 Å². The van der Waals surface area contributed by atoms with Crippen LogP contribution in [0.1, 0.15) is 56.9 Å². The Hall–Kier alpha value is -3.62. The van der Waals surface area contributed by atoms with Crippen LogP contribution in [0.25, 0.3) is 22.3 Å². The van der Waals surface area contributed by atoms with Gasteiger partial charge in [-0.2, -0.15) is 5.10 Å². The molecule has 0 spiro atoms. The maximum Gasteiger partial charge on any atom is 0.252 e. The van der Waals surface area contributed by atoms with Crippen LogP contribution >= 0.6 is 0 Å². The Bertz CT molecular complexity index is 1200. The number of aromatic nitrogens is 3. The first-order chi connectivity index (χ1) is 16.4. The number of rotatable bonds is 8. The van der Waals surface area contributed by atoms with E-state index < -0.39 is 0 Å². The van der Waals surface area contributed by atoms with Crippen molar-refractivity contribution in [3.05, 3.63) is 36.0 Å². The molecule has 1 unspecified atom stereocenters. The van der Waals surface area contributed by atoms with E-state index in [-0.39, 0.29) is 36.9 Å². The van der Waals surface area contributed by atoms with Crippen molar-refractivity contribution >= 4 is 22.8 Å². The SMILES string of the molecule is CCC(C)NC(=O)CCNC(=O)c1cc(-c2ccc3c(c2)OCCO3)nc2c1cnn2C(C)C. The Morgan fingerprint density at radius 2 is 1.88 bits per heavy atom. The highest BCUT2D eigenvalue weighted by Crippen LogP contribution is 2.35. The van der Waals surface area contributed by atoms with Crippen LogP contribution in [0.4, 0.5) is 0 Å². The van der Waals surface area contributed by atoms with Crippen LogP contribution in [0.5, 0.6) is 11.5 Å². The molecule has 1 aliphatic heterocycles. The summed E-state index contributed by atoms with van der Waals surface area (Å²) in [6, 6.07) is 7.57. The van der Waals surface area contributed by atoms with Crippen molar-refractivity contribution in [3.8, 4) is 22.8 Å². The molecule has 9 heteroatoms. The Balaban J connectivity index is 1.63. The molecule has 0 saturated heterocycles. The van der Waals surface area contributed by atoms with Crippen molar-refractivity contribution in [1.29, 1.82) is 0 Å². The van der Waals surface area contributed by atoms with Gasteiger partial charge in [-0.1, -0.05) is 6.92 Å². The second-order valence-electron chi connectivity index (χ2n) is 8.72. The Morgan fingerprint density at radius 3 is 2.62 bits per heavy atom. The lowest BCUT2D eigenvalue weighted by atomic mass is 10.1. The molecule has 0 fully saturated rings. The van der Waals surface area contributed by atoms with Gasteiger partial charge in [-0.3, -0.25) is 9.59 Å². The summed E-state index contributed by atoms with van der Waals surface area (Å²) in [5.41, 5.74) is 2.53. The highest BCUT2D eigenvalue weighted by molar-refractivity contribution is 6.06. The summed E-state index contributed by atoms with van der Waals surface area (Å²) in [6.07, 6.45) is 2.74. The molecule has 4 rings (SSSR count). The van der Waals surface area contributed by atoms with Crippen molar-refractivity contribution in [2.75, 3.05) is 19.8 Å². The first kappa shape index (κ1) is 23.5. The summed E-state index contributed by atoms with van der Waals surface area (Å²) in [5.74, 6) is 0.989. The second kappa shape index (κ2) is 10.1. The van der Waals surface area contributed by atoms with E-state index in [1.165, 1.54) is 0 Å². The topological polar surface area (TPSA) is 107 Å². The number of ether oxygens (including phenoxy) is 2. The quantitative estimate of drug-likeness (QED) is 0.527. The number of nitrogens with zero attached hydrogens (tertiary/aromatic N) is 3. The number of hydrogen-bond donors (Lipinski definition) is 2. The maximum absolute atomic E-state index is 13.2. The summed E-state index contributed by atoms with van der Waals surface area (Å²) < 4.78 is 13.1. The molecule has 9 nitrogen and oxygen atoms in total. The van der Waals surface area contributed by atoms with Gasteiger partial charge in [0.05, 0.1) is 22.8 Å². The standard InChI is InChI=1S/C25H31N5O4/c1-5-16(4)28-23(31)8-9-26-25(32)18-13-20(29-24-19(18)14-27-30(24)15(2)3)17-6-7-21-22(12-17)34-11-10-33-21/h6-7,12-16H,5,8-11H2,1-4H3,(H,26,32)(H,28,31). The molecule has 0 bridgehead atoms. The third kappa shape index (κ3) is 4.98. The summed E-state index contributed by atoms with van der Waals surface area (Å²) in [4.78, 5) is 30.1. The van der Waals surface area contributed by atoms with Gasteiger partial charge in [0.1, 0.15) is 13.2 Å². The first-order valence-corrected chi connectivity index (χ1v) is 11.7. The minimum atomic E-state index is -0.272. The molecule has 1 aliphatic rings. The van der Waals surface area contributed by atoms with Crippen LogP contribution in [0.3, 0.4) is 0 Å². The van der Waals surface area contributed by atoms with Crippen LogP contribution in [0.2, 0.25) is 0 Å². The third-order valence-corrected chi connectivity index (χ3v) is 5.80. The van der Waals surface area contributed by atoms with Crippen LogP contribution in [0.15, 0.2) is 30.5 Å². The summed E-state index contributed by atoms with van der Waals surface area (Å²) in [6.45, 7) is 9.24. The number of hydrogen-bond acceptors (Lipinski definition) is 6. The minimum absolute atomic E-state index is 0.0701. The van der Waals surface area contributed by atoms with Gasteiger partial charge in [0, 0.05) is 30.6 Å². The molecule has 2 amide bonds. The van der Waals surface area contributed by atoms with Crippen molar-refractivity contribution in [2.45, 2.75) is 52.6 Å². The van der Waals surface area contributed by atoms with Crippen molar-refractivity contribution < 1.29 is 19.1 Å². The molecule has 0 radical (unpaired) electrons. The lowest BCUT2D eigenvalue weighted by molar-refractivity contribution is -0.121. The predicted octanol–water partition coefficient (Wildman–Crippen LogP) is 3.49. The van der Waals surface area contributed by atoms with E-state index in [2.05, 4.69) is 15.7 Å². The molecule has 3 aromatic rings. The second-order valence-corrected chi connectivity index (χ2v) is 8.72. The predicted molar refractivity (Wildman–Crippen MR) is 129 cm³/mol. The first-order valence-electron chi connectivity index (χ1n) is 11.7. The highest BCUT2D eigenvalue weighted by Gasteiger charge is 2.20. The molecule has 0 saturated carbocycles. The van der Waals surface area contributed by atoms with Gasteiger partial charge < -0.3 is 20.1 Å².